The molecule has 0 aliphatic carbocycles. The Bertz CT molecular complexity index is 982. The van der Waals surface area contributed by atoms with Gasteiger partial charge in [0.25, 0.3) is 11.1 Å². The standard InChI is InChI=1S/C18H14F2N4O3S/c19-12-6-7-14(13(20)8-12)22-15(25)10-28-18-24-23-16(27-18)9-21-17(26)11-4-2-1-3-5-11/h1-8H,9-10H2,(H,21,26)(H,22,25). The molecule has 1 heterocycles. The summed E-state index contributed by atoms with van der Waals surface area (Å²) >= 11 is 0.947. The highest BCUT2D eigenvalue weighted by molar-refractivity contribution is 7.99. The monoisotopic (exact) mass is 404 g/mol. The van der Waals surface area contributed by atoms with E-state index in [0.29, 0.717) is 11.6 Å². The fourth-order valence-corrected chi connectivity index (χ4v) is 2.70. The molecule has 7 nitrogen and oxygen atoms in total. The van der Waals surface area contributed by atoms with Gasteiger partial charge in [-0.1, -0.05) is 30.0 Å². The lowest BCUT2D eigenvalue weighted by Crippen LogP contribution is -2.22. The van der Waals surface area contributed by atoms with Crippen molar-refractivity contribution >= 4 is 29.3 Å². The zero-order valence-electron chi connectivity index (χ0n) is 14.3. The van der Waals surface area contributed by atoms with Crippen molar-refractivity contribution in [3.63, 3.8) is 0 Å². The minimum absolute atomic E-state index is 0.0360. The Morgan fingerprint density at radius 1 is 1.07 bits per heavy atom. The summed E-state index contributed by atoms with van der Waals surface area (Å²) in [5.74, 6) is -2.34. The van der Waals surface area contributed by atoms with Gasteiger partial charge < -0.3 is 15.1 Å². The molecule has 2 aromatic carbocycles. The predicted octanol–water partition coefficient (Wildman–Crippen LogP) is 3.01. The third-order valence-corrected chi connectivity index (χ3v) is 4.23. The van der Waals surface area contributed by atoms with Crippen molar-refractivity contribution in [3.05, 3.63) is 71.6 Å². The molecule has 0 aliphatic heterocycles. The van der Waals surface area contributed by atoms with Crippen LogP contribution in [0, 0.1) is 11.6 Å². The highest BCUT2D eigenvalue weighted by Gasteiger charge is 2.13. The van der Waals surface area contributed by atoms with E-state index in [-0.39, 0.29) is 35.0 Å². The van der Waals surface area contributed by atoms with E-state index in [1.807, 2.05) is 0 Å². The number of thioether (sulfide) groups is 1. The lowest BCUT2D eigenvalue weighted by atomic mass is 10.2. The molecule has 10 heteroatoms. The maximum absolute atomic E-state index is 13.5. The van der Waals surface area contributed by atoms with Crippen LogP contribution in [-0.4, -0.2) is 27.8 Å². The number of benzene rings is 2. The molecule has 0 unspecified atom stereocenters. The quantitative estimate of drug-likeness (QED) is 0.588. The van der Waals surface area contributed by atoms with Crippen molar-refractivity contribution < 1.29 is 22.8 Å². The fourth-order valence-electron chi connectivity index (χ4n) is 2.12. The second-order valence-electron chi connectivity index (χ2n) is 5.47. The molecule has 3 rings (SSSR count). The third kappa shape index (κ3) is 5.36. The van der Waals surface area contributed by atoms with Crippen LogP contribution in [0.2, 0.25) is 0 Å². The number of hydrogen-bond acceptors (Lipinski definition) is 6. The highest BCUT2D eigenvalue weighted by atomic mass is 32.2. The molecule has 0 spiro atoms. The summed E-state index contributed by atoms with van der Waals surface area (Å²) in [6.45, 7) is 0.0360. The van der Waals surface area contributed by atoms with Crippen LogP contribution in [0.25, 0.3) is 0 Å². The van der Waals surface area contributed by atoms with Crippen LogP contribution in [0.4, 0.5) is 14.5 Å². The molecule has 2 amide bonds. The van der Waals surface area contributed by atoms with Crippen LogP contribution in [0.1, 0.15) is 16.2 Å². The van der Waals surface area contributed by atoms with E-state index >= 15 is 0 Å². The molecule has 0 saturated heterocycles. The van der Waals surface area contributed by atoms with Crippen LogP contribution < -0.4 is 10.6 Å². The average molecular weight is 404 g/mol. The number of hydrogen-bond donors (Lipinski definition) is 2. The molecule has 0 bridgehead atoms. The molecular weight excluding hydrogens is 390 g/mol. The molecular formula is C18H14F2N4O3S. The summed E-state index contributed by atoms with van der Waals surface area (Å²) in [4.78, 5) is 23.8. The second-order valence-corrected chi connectivity index (χ2v) is 6.40. The summed E-state index contributed by atoms with van der Waals surface area (Å²) in [6, 6.07) is 11.5. The Hall–Kier alpha value is -3.27. The van der Waals surface area contributed by atoms with Crippen LogP contribution in [0.5, 0.6) is 0 Å². The Morgan fingerprint density at radius 3 is 2.61 bits per heavy atom. The molecule has 0 aliphatic rings. The first-order chi connectivity index (χ1) is 13.5. The number of halogens is 2. The summed E-state index contributed by atoms with van der Waals surface area (Å²) < 4.78 is 31.7. The first-order valence-corrected chi connectivity index (χ1v) is 9.03. The normalized spacial score (nSPS) is 10.5. The van der Waals surface area contributed by atoms with Crippen molar-refractivity contribution in [1.82, 2.24) is 15.5 Å². The second kappa shape index (κ2) is 9.09. The van der Waals surface area contributed by atoms with Gasteiger partial charge in [-0.15, -0.1) is 10.2 Å². The summed E-state index contributed by atoms with van der Waals surface area (Å²) in [6.07, 6.45) is 0. The van der Waals surface area contributed by atoms with Crippen LogP contribution in [0.3, 0.4) is 0 Å². The van der Waals surface area contributed by atoms with E-state index in [1.165, 1.54) is 0 Å². The molecule has 1 aromatic heterocycles. The Balaban J connectivity index is 1.46. The summed E-state index contributed by atoms with van der Waals surface area (Å²) in [5, 5.41) is 12.6. The van der Waals surface area contributed by atoms with Crippen molar-refractivity contribution in [2.24, 2.45) is 0 Å². The van der Waals surface area contributed by atoms with E-state index in [2.05, 4.69) is 20.8 Å². The molecule has 0 radical (unpaired) electrons. The number of nitrogens with zero attached hydrogens (tertiary/aromatic N) is 2. The van der Waals surface area contributed by atoms with Gasteiger partial charge >= 0.3 is 0 Å². The Morgan fingerprint density at radius 2 is 1.86 bits per heavy atom. The van der Waals surface area contributed by atoms with Crippen molar-refractivity contribution in [3.8, 4) is 0 Å². The first-order valence-electron chi connectivity index (χ1n) is 8.04. The molecule has 0 fully saturated rings. The summed E-state index contributed by atoms with van der Waals surface area (Å²) in [5.41, 5.74) is 0.378. The molecule has 0 saturated carbocycles. The van der Waals surface area contributed by atoms with Gasteiger partial charge in [-0.2, -0.15) is 0 Å². The highest BCUT2D eigenvalue weighted by Crippen LogP contribution is 2.18. The van der Waals surface area contributed by atoms with E-state index in [4.69, 9.17) is 4.42 Å². The zero-order chi connectivity index (χ0) is 19.9. The van der Waals surface area contributed by atoms with Crippen LogP contribution in [-0.2, 0) is 11.3 Å². The number of amides is 2. The topological polar surface area (TPSA) is 97.1 Å². The largest absolute Gasteiger partial charge is 0.414 e. The third-order valence-electron chi connectivity index (χ3n) is 3.42. The SMILES string of the molecule is O=C(CSc1nnc(CNC(=O)c2ccccc2)o1)Nc1ccc(F)cc1F. The minimum atomic E-state index is -0.868. The van der Waals surface area contributed by atoms with E-state index in [0.717, 1.165) is 23.9 Å². The van der Waals surface area contributed by atoms with Gasteiger partial charge in [-0.05, 0) is 24.3 Å². The van der Waals surface area contributed by atoms with Crippen molar-refractivity contribution in [2.75, 3.05) is 11.1 Å². The van der Waals surface area contributed by atoms with Crippen LogP contribution >= 0.6 is 11.8 Å². The maximum atomic E-state index is 13.5. The smallest absolute Gasteiger partial charge is 0.277 e. The maximum Gasteiger partial charge on any atom is 0.277 e. The van der Waals surface area contributed by atoms with Gasteiger partial charge in [0, 0.05) is 11.6 Å². The number of carbonyl (C=O) groups excluding carboxylic acids is 2. The van der Waals surface area contributed by atoms with E-state index in [9.17, 15) is 18.4 Å². The number of carbonyl (C=O) groups is 2. The number of anilines is 1. The molecule has 2 N–H and O–H groups in total. The van der Waals surface area contributed by atoms with E-state index in [1.54, 1.807) is 30.3 Å². The van der Waals surface area contributed by atoms with Gasteiger partial charge in [0.1, 0.15) is 11.6 Å². The van der Waals surface area contributed by atoms with Crippen molar-refractivity contribution in [2.45, 2.75) is 11.8 Å². The van der Waals surface area contributed by atoms with Crippen LogP contribution in [0.15, 0.2) is 58.2 Å². The van der Waals surface area contributed by atoms with Gasteiger partial charge in [0.05, 0.1) is 18.0 Å². The number of nitrogens with one attached hydrogen (secondary N) is 2. The number of rotatable bonds is 7. The predicted molar refractivity (Wildman–Crippen MR) is 97.6 cm³/mol. The van der Waals surface area contributed by atoms with Crippen molar-refractivity contribution in [1.29, 1.82) is 0 Å². The molecule has 28 heavy (non-hydrogen) atoms. The lowest BCUT2D eigenvalue weighted by molar-refractivity contribution is -0.113. The Kier molecular flexibility index (Phi) is 6.33. The lowest BCUT2D eigenvalue weighted by Gasteiger charge is -2.05. The number of aromatic nitrogens is 2. The average Bonchev–Trinajstić information content (AvgIpc) is 3.15. The fraction of sp³-hybridized carbons (Fsp3) is 0.111. The summed E-state index contributed by atoms with van der Waals surface area (Å²) in [7, 11) is 0. The van der Waals surface area contributed by atoms with Gasteiger partial charge in [0.2, 0.25) is 11.8 Å². The molecule has 3 aromatic rings. The molecule has 144 valence electrons. The van der Waals surface area contributed by atoms with Gasteiger partial charge in [-0.3, -0.25) is 9.59 Å². The van der Waals surface area contributed by atoms with Gasteiger partial charge in [0.15, 0.2) is 0 Å². The minimum Gasteiger partial charge on any atom is -0.414 e. The van der Waals surface area contributed by atoms with Gasteiger partial charge in [-0.25, -0.2) is 8.78 Å². The first kappa shape index (κ1) is 19.5. The molecule has 0 atom stereocenters. The van der Waals surface area contributed by atoms with E-state index < -0.39 is 17.5 Å². The Labute approximate surface area is 162 Å². The zero-order valence-corrected chi connectivity index (χ0v) is 15.1.